The SMILES string of the molecule is Cc1cc(OCC2(CC(=O)N3CCOCC3)CCN(C(=O)c3cn(C)c4ccccc34)CC2)ccc1Cl. The average Bonchev–Trinajstić information content (AvgIpc) is 3.26. The number of amides is 2. The van der Waals surface area contributed by atoms with Crippen molar-refractivity contribution in [1.29, 1.82) is 0 Å². The molecule has 0 radical (unpaired) electrons. The molecule has 2 aliphatic rings. The Hall–Kier alpha value is -3.03. The van der Waals surface area contributed by atoms with E-state index < -0.39 is 0 Å². The summed E-state index contributed by atoms with van der Waals surface area (Å²) in [7, 11) is 1.97. The molecule has 2 aliphatic heterocycles. The first-order valence-electron chi connectivity index (χ1n) is 12.9. The first-order chi connectivity index (χ1) is 17.8. The molecule has 3 aromatic rings. The Labute approximate surface area is 222 Å². The summed E-state index contributed by atoms with van der Waals surface area (Å²) in [4.78, 5) is 30.6. The van der Waals surface area contributed by atoms with E-state index in [0.29, 0.717) is 70.3 Å². The Kier molecular flexibility index (Phi) is 7.45. The second-order valence-corrected chi connectivity index (χ2v) is 10.7. The second-order valence-electron chi connectivity index (χ2n) is 10.3. The number of para-hydroxylation sites is 1. The Morgan fingerprint density at radius 1 is 1.03 bits per heavy atom. The molecule has 2 aromatic carbocycles. The first kappa shape index (κ1) is 25.6. The van der Waals surface area contributed by atoms with Crippen LogP contribution in [0.2, 0.25) is 5.02 Å². The number of fused-ring (bicyclic) bond motifs is 1. The van der Waals surface area contributed by atoms with Gasteiger partial charge in [0.25, 0.3) is 5.91 Å². The van der Waals surface area contributed by atoms with Gasteiger partial charge in [0.05, 0.1) is 25.4 Å². The molecule has 0 atom stereocenters. The minimum Gasteiger partial charge on any atom is -0.493 e. The lowest BCUT2D eigenvalue weighted by Crippen LogP contribution is -2.49. The molecule has 0 saturated carbocycles. The molecule has 0 unspecified atom stereocenters. The van der Waals surface area contributed by atoms with Crippen LogP contribution < -0.4 is 4.74 Å². The van der Waals surface area contributed by atoms with Gasteiger partial charge in [0, 0.05) is 67.2 Å². The van der Waals surface area contributed by atoms with Crippen molar-refractivity contribution in [2.24, 2.45) is 12.5 Å². The third-order valence-electron chi connectivity index (χ3n) is 7.80. The van der Waals surface area contributed by atoms with Crippen molar-refractivity contribution in [3.63, 3.8) is 0 Å². The summed E-state index contributed by atoms with van der Waals surface area (Å²) >= 11 is 6.19. The molecule has 7 nitrogen and oxygen atoms in total. The topological polar surface area (TPSA) is 64.0 Å². The minimum atomic E-state index is -0.349. The highest BCUT2D eigenvalue weighted by Crippen LogP contribution is 2.38. The number of carbonyl (C=O) groups is 2. The lowest BCUT2D eigenvalue weighted by molar-refractivity contribution is -0.139. The van der Waals surface area contributed by atoms with Crippen LogP contribution in [-0.4, -0.2) is 72.2 Å². The third-order valence-corrected chi connectivity index (χ3v) is 8.23. The molecule has 2 fully saturated rings. The highest BCUT2D eigenvalue weighted by Gasteiger charge is 2.40. The molecule has 1 aromatic heterocycles. The fourth-order valence-corrected chi connectivity index (χ4v) is 5.55. The predicted molar refractivity (Wildman–Crippen MR) is 144 cm³/mol. The number of carbonyl (C=O) groups excluding carboxylic acids is 2. The summed E-state index contributed by atoms with van der Waals surface area (Å²) in [6, 6.07) is 13.6. The second kappa shape index (κ2) is 10.8. The maximum absolute atomic E-state index is 13.5. The van der Waals surface area contributed by atoms with Gasteiger partial charge in [-0.3, -0.25) is 9.59 Å². The normalized spacial score (nSPS) is 17.7. The summed E-state index contributed by atoms with van der Waals surface area (Å²) in [6.45, 7) is 5.93. The zero-order valence-corrected chi connectivity index (χ0v) is 22.3. The zero-order valence-electron chi connectivity index (χ0n) is 21.5. The number of hydrogen-bond acceptors (Lipinski definition) is 4. The molecule has 37 heavy (non-hydrogen) atoms. The van der Waals surface area contributed by atoms with Gasteiger partial charge in [0.2, 0.25) is 5.91 Å². The Morgan fingerprint density at radius 3 is 2.49 bits per heavy atom. The van der Waals surface area contributed by atoms with E-state index in [1.54, 1.807) is 0 Å². The largest absolute Gasteiger partial charge is 0.493 e. The third kappa shape index (κ3) is 5.48. The van der Waals surface area contributed by atoms with Crippen LogP contribution in [0.25, 0.3) is 10.9 Å². The Bertz CT molecular complexity index is 1290. The first-order valence-corrected chi connectivity index (χ1v) is 13.3. The number of rotatable bonds is 6. The van der Waals surface area contributed by atoms with Crippen molar-refractivity contribution in [3.8, 4) is 5.75 Å². The van der Waals surface area contributed by atoms with Crippen molar-refractivity contribution < 1.29 is 19.1 Å². The number of ether oxygens (including phenoxy) is 2. The molecule has 0 N–H and O–H groups in total. The van der Waals surface area contributed by atoms with Gasteiger partial charge < -0.3 is 23.8 Å². The summed E-state index contributed by atoms with van der Waals surface area (Å²) in [5, 5.41) is 1.67. The zero-order chi connectivity index (χ0) is 26.0. The predicted octanol–water partition coefficient (Wildman–Crippen LogP) is 4.69. The van der Waals surface area contributed by atoms with E-state index in [4.69, 9.17) is 21.1 Å². The van der Waals surface area contributed by atoms with Crippen LogP contribution in [0.4, 0.5) is 0 Å². The van der Waals surface area contributed by atoms with Gasteiger partial charge in [-0.05, 0) is 49.6 Å². The van der Waals surface area contributed by atoms with Gasteiger partial charge in [-0.2, -0.15) is 0 Å². The van der Waals surface area contributed by atoms with Crippen LogP contribution in [0.15, 0.2) is 48.7 Å². The van der Waals surface area contributed by atoms with Crippen LogP contribution in [0.1, 0.15) is 35.2 Å². The number of hydrogen-bond donors (Lipinski definition) is 0. The highest BCUT2D eigenvalue weighted by molar-refractivity contribution is 6.31. The smallest absolute Gasteiger partial charge is 0.256 e. The van der Waals surface area contributed by atoms with Crippen LogP contribution in [-0.2, 0) is 16.6 Å². The van der Waals surface area contributed by atoms with E-state index >= 15 is 0 Å². The summed E-state index contributed by atoms with van der Waals surface area (Å²) < 4.78 is 13.7. The lowest BCUT2D eigenvalue weighted by atomic mass is 9.75. The maximum Gasteiger partial charge on any atom is 0.256 e. The number of nitrogens with zero attached hydrogens (tertiary/aromatic N) is 3. The molecule has 0 aliphatic carbocycles. The number of benzene rings is 2. The molecule has 8 heteroatoms. The molecule has 3 heterocycles. The van der Waals surface area contributed by atoms with Crippen molar-refractivity contribution in [3.05, 3.63) is 64.8 Å². The Morgan fingerprint density at radius 2 is 1.76 bits per heavy atom. The van der Waals surface area contributed by atoms with E-state index in [9.17, 15) is 9.59 Å². The molecule has 0 bridgehead atoms. The summed E-state index contributed by atoms with van der Waals surface area (Å²) in [6.07, 6.45) is 3.72. The van der Waals surface area contributed by atoms with Crippen LogP contribution >= 0.6 is 11.6 Å². The summed E-state index contributed by atoms with van der Waals surface area (Å²) in [5.41, 5.74) is 2.37. The highest BCUT2D eigenvalue weighted by atomic mass is 35.5. The van der Waals surface area contributed by atoms with E-state index in [1.165, 1.54) is 0 Å². The van der Waals surface area contributed by atoms with Gasteiger partial charge in [0.1, 0.15) is 5.75 Å². The molecule has 2 amide bonds. The van der Waals surface area contributed by atoms with Crippen LogP contribution in [0.3, 0.4) is 0 Å². The van der Waals surface area contributed by atoms with E-state index in [-0.39, 0.29) is 17.2 Å². The molecular weight excluding hydrogens is 490 g/mol. The number of likely N-dealkylation sites (tertiary alicyclic amines) is 1. The quantitative estimate of drug-likeness (QED) is 0.470. The number of morpholine rings is 1. The molecule has 196 valence electrons. The van der Waals surface area contributed by atoms with Crippen molar-refractivity contribution in [2.75, 3.05) is 46.0 Å². The van der Waals surface area contributed by atoms with Gasteiger partial charge in [-0.25, -0.2) is 0 Å². The summed E-state index contributed by atoms with van der Waals surface area (Å²) in [5.74, 6) is 0.918. The molecule has 0 spiro atoms. The number of piperidine rings is 1. The van der Waals surface area contributed by atoms with Crippen LogP contribution in [0, 0.1) is 12.3 Å². The monoisotopic (exact) mass is 523 g/mol. The Balaban J connectivity index is 1.32. The fraction of sp³-hybridized carbons (Fsp3) is 0.448. The number of aromatic nitrogens is 1. The van der Waals surface area contributed by atoms with Crippen molar-refractivity contribution in [1.82, 2.24) is 14.4 Å². The minimum absolute atomic E-state index is 0.0409. The standard InChI is InChI=1S/C29H34ClN3O4/c1-21-17-22(7-8-25(21)30)37-20-29(18-27(34)32-13-15-36-16-14-32)9-11-33(12-10-29)28(35)24-19-31(2)26-6-4-3-5-23(24)26/h3-8,17,19H,9-16,18,20H2,1-2H3. The maximum atomic E-state index is 13.5. The number of halogens is 1. The lowest BCUT2D eigenvalue weighted by Gasteiger charge is -2.42. The van der Waals surface area contributed by atoms with Crippen molar-refractivity contribution >= 4 is 34.3 Å². The number of aryl methyl sites for hydroxylation is 2. The molecule has 5 rings (SSSR count). The fourth-order valence-electron chi connectivity index (χ4n) is 5.43. The average molecular weight is 524 g/mol. The van der Waals surface area contributed by atoms with Gasteiger partial charge in [0.15, 0.2) is 0 Å². The van der Waals surface area contributed by atoms with E-state index in [2.05, 4.69) is 0 Å². The van der Waals surface area contributed by atoms with Crippen molar-refractivity contribution in [2.45, 2.75) is 26.2 Å². The van der Waals surface area contributed by atoms with E-state index in [0.717, 1.165) is 27.8 Å². The van der Waals surface area contributed by atoms with Gasteiger partial charge in [-0.15, -0.1) is 0 Å². The van der Waals surface area contributed by atoms with Gasteiger partial charge >= 0.3 is 0 Å². The molecular formula is C29H34ClN3O4. The van der Waals surface area contributed by atoms with E-state index in [1.807, 2.05) is 77.0 Å². The van der Waals surface area contributed by atoms with Crippen LogP contribution in [0.5, 0.6) is 5.75 Å². The molecule has 2 saturated heterocycles. The van der Waals surface area contributed by atoms with Gasteiger partial charge in [-0.1, -0.05) is 29.8 Å².